The van der Waals surface area contributed by atoms with Crippen molar-refractivity contribution in [3.05, 3.63) is 0 Å². The minimum absolute atomic E-state index is 0.753. The molecule has 0 aliphatic carbocycles. The summed E-state index contributed by atoms with van der Waals surface area (Å²) in [6, 6.07) is 0.753. The van der Waals surface area contributed by atoms with Gasteiger partial charge in [0.05, 0.1) is 0 Å². The molecule has 0 aromatic carbocycles. The summed E-state index contributed by atoms with van der Waals surface area (Å²) in [5, 5.41) is 0. The van der Waals surface area contributed by atoms with E-state index in [2.05, 4.69) is 32.6 Å². The summed E-state index contributed by atoms with van der Waals surface area (Å²) in [7, 11) is 0. The summed E-state index contributed by atoms with van der Waals surface area (Å²) >= 11 is 0. The Kier molecular flexibility index (Phi) is 8.20. The molecule has 0 spiro atoms. The van der Waals surface area contributed by atoms with Crippen LogP contribution in [0.25, 0.3) is 0 Å². The van der Waals surface area contributed by atoms with E-state index in [4.69, 9.17) is 0 Å². The Hall–Kier alpha value is -0.570. The highest BCUT2D eigenvalue weighted by Crippen LogP contribution is 2.18. The molecule has 3 nitrogen and oxygen atoms in total. The molecule has 2 aliphatic rings. The molecule has 118 valence electrons. The van der Waals surface area contributed by atoms with Crippen molar-refractivity contribution in [1.82, 2.24) is 9.80 Å². The molecule has 0 aromatic heterocycles. The second-order valence-electron chi connectivity index (χ2n) is 6.83. The number of nitrogens with zero attached hydrogens (tertiary/aromatic N) is 2. The molecule has 0 bridgehead atoms. The van der Waals surface area contributed by atoms with Crippen molar-refractivity contribution < 1.29 is 4.79 Å². The van der Waals surface area contributed by atoms with Crippen LogP contribution in [-0.4, -0.2) is 48.4 Å². The SMILES string of the molecule is CC(C)N1CCC[C@@H](C)C1.CCC1CCN(C=O)CC1. The maximum Gasteiger partial charge on any atom is 0.209 e. The lowest BCUT2D eigenvalue weighted by Crippen LogP contribution is -2.38. The number of carbonyl (C=O) groups excluding carboxylic acids is 1. The third kappa shape index (κ3) is 6.25. The summed E-state index contributed by atoms with van der Waals surface area (Å²) in [4.78, 5) is 14.7. The first kappa shape index (κ1) is 17.5. The molecule has 20 heavy (non-hydrogen) atoms. The van der Waals surface area contributed by atoms with Crippen molar-refractivity contribution in [1.29, 1.82) is 0 Å². The molecule has 2 aliphatic heterocycles. The lowest BCUT2D eigenvalue weighted by atomic mass is 9.95. The van der Waals surface area contributed by atoms with Crippen LogP contribution in [0.4, 0.5) is 0 Å². The van der Waals surface area contributed by atoms with Crippen LogP contribution in [0, 0.1) is 11.8 Å². The van der Waals surface area contributed by atoms with Crippen LogP contribution in [-0.2, 0) is 4.79 Å². The Bertz CT molecular complexity index is 260. The average Bonchev–Trinajstić information content (AvgIpc) is 2.48. The maximum atomic E-state index is 10.3. The highest BCUT2D eigenvalue weighted by Gasteiger charge is 2.17. The minimum atomic E-state index is 0.753. The Morgan fingerprint density at radius 2 is 1.80 bits per heavy atom. The van der Waals surface area contributed by atoms with Crippen LogP contribution in [0.15, 0.2) is 0 Å². The predicted molar refractivity (Wildman–Crippen MR) is 85.8 cm³/mol. The van der Waals surface area contributed by atoms with E-state index in [0.717, 1.165) is 37.4 Å². The lowest BCUT2D eigenvalue weighted by molar-refractivity contribution is -0.119. The molecule has 0 saturated carbocycles. The molecule has 2 heterocycles. The van der Waals surface area contributed by atoms with Crippen molar-refractivity contribution >= 4 is 6.41 Å². The van der Waals surface area contributed by atoms with Gasteiger partial charge in [0.25, 0.3) is 0 Å². The van der Waals surface area contributed by atoms with Gasteiger partial charge in [-0.1, -0.05) is 20.3 Å². The van der Waals surface area contributed by atoms with E-state index in [0.29, 0.717) is 0 Å². The zero-order valence-corrected chi connectivity index (χ0v) is 14.0. The smallest absolute Gasteiger partial charge is 0.209 e. The lowest BCUT2D eigenvalue weighted by Gasteiger charge is -2.33. The molecule has 0 aromatic rings. The number of likely N-dealkylation sites (tertiary alicyclic amines) is 2. The summed E-state index contributed by atoms with van der Waals surface area (Å²) in [5.41, 5.74) is 0. The zero-order chi connectivity index (χ0) is 15.0. The average molecular weight is 282 g/mol. The first-order valence-electron chi connectivity index (χ1n) is 8.50. The van der Waals surface area contributed by atoms with Crippen LogP contribution < -0.4 is 0 Å². The van der Waals surface area contributed by atoms with Gasteiger partial charge in [0.15, 0.2) is 0 Å². The topological polar surface area (TPSA) is 23.6 Å². The normalized spacial score (nSPS) is 25.2. The number of carbonyl (C=O) groups is 1. The molecule has 2 fully saturated rings. The Morgan fingerprint density at radius 3 is 2.20 bits per heavy atom. The van der Waals surface area contributed by atoms with Crippen LogP contribution >= 0.6 is 0 Å². The highest BCUT2D eigenvalue weighted by atomic mass is 16.1. The number of rotatable bonds is 3. The van der Waals surface area contributed by atoms with E-state index in [9.17, 15) is 4.79 Å². The molecular formula is C17H34N2O. The Morgan fingerprint density at radius 1 is 1.15 bits per heavy atom. The van der Waals surface area contributed by atoms with Gasteiger partial charge in [-0.25, -0.2) is 0 Å². The molecule has 2 saturated heterocycles. The van der Waals surface area contributed by atoms with Crippen molar-refractivity contribution in [3.63, 3.8) is 0 Å². The van der Waals surface area contributed by atoms with Crippen LogP contribution in [0.1, 0.15) is 59.8 Å². The third-order valence-corrected chi connectivity index (χ3v) is 4.79. The van der Waals surface area contributed by atoms with Gasteiger partial charge in [-0.2, -0.15) is 0 Å². The van der Waals surface area contributed by atoms with Crippen LogP contribution in [0.2, 0.25) is 0 Å². The number of amides is 1. The standard InChI is InChI=1S/C9H19N.C8H15NO/c1-8(2)10-6-4-5-9(3)7-10;1-2-8-3-5-9(7-10)6-4-8/h8-9H,4-7H2,1-3H3;7-8H,2-6H2,1H3/t9-;/m1./s1. The zero-order valence-electron chi connectivity index (χ0n) is 14.0. The molecule has 2 rings (SSSR count). The van der Waals surface area contributed by atoms with E-state index >= 15 is 0 Å². The van der Waals surface area contributed by atoms with Crippen molar-refractivity contribution in [2.24, 2.45) is 11.8 Å². The minimum Gasteiger partial charge on any atom is -0.345 e. The van der Waals surface area contributed by atoms with E-state index in [1.165, 1.54) is 45.2 Å². The molecule has 0 N–H and O–H groups in total. The van der Waals surface area contributed by atoms with Gasteiger partial charge in [-0.05, 0) is 57.9 Å². The molecular weight excluding hydrogens is 248 g/mol. The van der Waals surface area contributed by atoms with Crippen LogP contribution in [0.5, 0.6) is 0 Å². The van der Waals surface area contributed by atoms with Gasteiger partial charge < -0.3 is 9.80 Å². The second-order valence-corrected chi connectivity index (χ2v) is 6.83. The summed E-state index contributed by atoms with van der Waals surface area (Å²) in [6.07, 6.45) is 7.48. The van der Waals surface area contributed by atoms with Gasteiger partial charge in [-0.3, -0.25) is 4.79 Å². The monoisotopic (exact) mass is 282 g/mol. The summed E-state index contributed by atoms with van der Waals surface area (Å²) in [5.74, 6) is 1.80. The fourth-order valence-electron chi connectivity index (χ4n) is 3.16. The maximum absolute atomic E-state index is 10.3. The van der Waals surface area contributed by atoms with Gasteiger partial charge in [0, 0.05) is 25.7 Å². The van der Waals surface area contributed by atoms with Crippen molar-refractivity contribution in [2.75, 3.05) is 26.2 Å². The number of hydrogen-bond donors (Lipinski definition) is 0. The van der Waals surface area contributed by atoms with E-state index in [-0.39, 0.29) is 0 Å². The Labute approximate surface area is 125 Å². The molecule has 0 radical (unpaired) electrons. The Balaban J connectivity index is 0.000000200. The molecule has 3 heteroatoms. The first-order chi connectivity index (χ1) is 9.56. The molecule has 0 unspecified atom stereocenters. The van der Waals surface area contributed by atoms with Crippen molar-refractivity contribution in [3.8, 4) is 0 Å². The number of piperidine rings is 2. The van der Waals surface area contributed by atoms with E-state index in [1.807, 2.05) is 4.90 Å². The predicted octanol–water partition coefficient (Wildman–Crippen LogP) is 3.39. The fourth-order valence-corrected chi connectivity index (χ4v) is 3.16. The van der Waals surface area contributed by atoms with Gasteiger partial charge in [-0.15, -0.1) is 0 Å². The number of hydrogen-bond acceptors (Lipinski definition) is 2. The largest absolute Gasteiger partial charge is 0.345 e. The molecule has 1 amide bonds. The van der Waals surface area contributed by atoms with E-state index in [1.54, 1.807) is 0 Å². The quantitative estimate of drug-likeness (QED) is 0.741. The van der Waals surface area contributed by atoms with Gasteiger partial charge in [0.1, 0.15) is 0 Å². The van der Waals surface area contributed by atoms with Crippen molar-refractivity contribution in [2.45, 2.75) is 65.8 Å². The second kappa shape index (κ2) is 9.38. The van der Waals surface area contributed by atoms with Crippen LogP contribution in [0.3, 0.4) is 0 Å². The summed E-state index contributed by atoms with van der Waals surface area (Å²) < 4.78 is 0. The molecule has 1 atom stereocenters. The fraction of sp³-hybridized carbons (Fsp3) is 0.941. The highest BCUT2D eigenvalue weighted by molar-refractivity contribution is 5.47. The van der Waals surface area contributed by atoms with Gasteiger partial charge in [0.2, 0.25) is 6.41 Å². The summed E-state index contributed by atoms with van der Waals surface area (Å²) in [6.45, 7) is 13.7. The van der Waals surface area contributed by atoms with E-state index < -0.39 is 0 Å². The third-order valence-electron chi connectivity index (χ3n) is 4.79. The van der Waals surface area contributed by atoms with Gasteiger partial charge >= 0.3 is 0 Å². The first-order valence-corrected chi connectivity index (χ1v) is 8.50.